The first-order chi connectivity index (χ1) is 9.47. The number of hydrogen-bond donors (Lipinski definition) is 2. The number of pyridine rings is 1. The van der Waals surface area contributed by atoms with E-state index in [1.165, 1.54) is 6.42 Å². The molecule has 0 amide bonds. The third-order valence-electron chi connectivity index (χ3n) is 4.23. The summed E-state index contributed by atoms with van der Waals surface area (Å²) >= 11 is 5.16. The molecule has 1 fully saturated rings. The van der Waals surface area contributed by atoms with E-state index < -0.39 is 0 Å². The van der Waals surface area contributed by atoms with E-state index in [1.807, 2.05) is 30.3 Å². The minimum Gasteiger partial charge on any atom is -0.389 e. The Morgan fingerprint density at radius 3 is 2.80 bits per heavy atom. The molecular weight excluding hydrogens is 266 g/mol. The molecule has 104 valence electrons. The van der Waals surface area contributed by atoms with Crippen LogP contribution in [0.5, 0.6) is 0 Å². The minimum atomic E-state index is 0.415. The van der Waals surface area contributed by atoms with Crippen molar-refractivity contribution in [1.82, 2.24) is 4.98 Å². The highest BCUT2D eigenvalue weighted by molar-refractivity contribution is 7.80. The lowest BCUT2D eigenvalue weighted by molar-refractivity contribution is 0.573. The van der Waals surface area contributed by atoms with Crippen molar-refractivity contribution in [2.75, 3.05) is 11.9 Å². The fourth-order valence-electron chi connectivity index (χ4n) is 2.62. The molecule has 1 aliphatic carbocycles. The molecule has 3 rings (SSSR count). The van der Waals surface area contributed by atoms with Crippen LogP contribution >= 0.6 is 12.2 Å². The molecule has 0 aliphatic heterocycles. The molecule has 3 nitrogen and oxygen atoms in total. The maximum atomic E-state index is 5.84. The molecule has 1 saturated carbocycles. The first kappa shape index (κ1) is 13.3. The Morgan fingerprint density at radius 1 is 1.45 bits per heavy atom. The van der Waals surface area contributed by atoms with Crippen molar-refractivity contribution in [2.45, 2.75) is 20.3 Å². The van der Waals surface area contributed by atoms with Gasteiger partial charge in [-0.25, -0.2) is 4.98 Å². The summed E-state index contributed by atoms with van der Waals surface area (Å²) in [5, 5.41) is 4.43. The number of anilines is 1. The van der Waals surface area contributed by atoms with E-state index in [4.69, 9.17) is 18.0 Å². The van der Waals surface area contributed by atoms with Crippen molar-refractivity contribution >= 4 is 33.9 Å². The minimum absolute atomic E-state index is 0.415. The van der Waals surface area contributed by atoms with E-state index in [0.29, 0.717) is 10.4 Å². The van der Waals surface area contributed by atoms with Crippen molar-refractivity contribution in [3.05, 3.63) is 35.9 Å². The number of fused-ring (bicyclic) bond motifs is 1. The maximum absolute atomic E-state index is 5.84. The summed E-state index contributed by atoms with van der Waals surface area (Å²) in [6.45, 7) is 5.55. The number of nitrogens with one attached hydrogen (secondary N) is 1. The molecule has 0 radical (unpaired) electrons. The third-order valence-corrected chi connectivity index (χ3v) is 4.45. The van der Waals surface area contributed by atoms with Gasteiger partial charge >= 0.3 is 0 Å². The smallest absolute Gasteiger partial charge is 0.127 e. The van der Waals surface area contributed by atoms with Gasteiger partial charge < -0.3 is 11.1 Å². The van der Waals surface area contributed by atoms with Gasteiger partial charge in [0.2, 0.25) is 0 Å². The SMILES string of the molecule is CC1(C)CC1CNc1cc(C(N)=S)c2ccccc2n1. The van der Waals surface area contributed by atoms with E-state index >= 15 is 0 Å². The Hall–Kier alpha value is -1.68. The van der Waals surface area contributed by atoms with Crippen molar-refractivity contribution in [3.8, 4) is 0 Å². The van der Waals surface area contributed by atoms with Crippen LogP contribution in [-0.2, 0) is 0 Å². The van der Waals surface area contributed by atoms with Crippen LogP contribution < -0.4 is 11.1 Å². The van der Waals surface area contributed by atoms with Crippen LogP contribution in [0.4, 0.5) is 5.82 Å². The number of aromatic nitrogens is 1. The number of benzene rings is 1. The maximum Gasteiger partial charge on any atom is 0.127 e. The normalized spacial score (nSPS) is 19.8. The van der Waals surface area contributed by atoms with E-state index in [-0.39, 0.29) is 0 Å². The molecule has 4 heteroatoms. The Morgan fingerprint density at radius 2 is 2.15 bits per heavy atom. The van der Waals surface area contributed by atoms with Gasteiger partial charge in [-0.3, -0.25) is 0 Å². The molecule has 1 aromatic heterocycles. The Labute approximate surface area is 124 Å². The lowest BCUT2D eigenvalue weighted by Crippen LogP contribution is -2.13. The largest absolute Gasteiger partial charge is 0.389 e. The van der Waals surface area contributed by atoms with Crippen LogP contribution in [0.1, 0.15) is 25.8 Å². The molecule has 1 atom stereocenters. The standard InChI is InChI=1S/C16H19N3S/c1-16(2)8-10(16)9-18-14-7-12(15(17)20)11-5-3-4-6-13(11)19-14/h3-7,10H,8-9H2,1-2H3,(H2,17,20)(H,18,19). The third kappa shape index (κ3) is 2.48. The van der Waals surface area contributed by atoms with Crippen molar-refractivity contribution < 1.29 is 0 Å². The van der Waals surface area contributed by atoms with Crippen LogP contribution in [0.15, 0.2) is 30.3 Å². The Balaban J connectivity index is 1.90. The molecule has 1 aliphatic rings. The highest BCUT2D eigenvalue weighted by Crippen LogP contribution is 2.51. The summed E-state index contributed by atoms with van der Waals surface area (Å²) in [7, 11) is 0. The molecule has 1 unspecified atom stereocenters. The monoisotopic (exact) mass is 285 g/mol. The van der Waals surface area contributed by atoms with Gasteiger partial charge in [-0.05, 0) is 29.9 Å². The van der Waals surface area contributed by atoms with E-state index in [0.717, 1.165) is 34.7 Å². The summed E-state index contributed by atoms with van der Waals surface area (Å²) in [5.74, 6) is 1.58. The van der Waals surface area contributed by atoms with Crippen LogP contribution in [-0.4, -0.2) is 16.5 Å². The second-order valence-electron chi connectivity index (χ2n) is 6.21. The van der Waals surface area contributed by atoms with Gasteiger partial charge in [0.05, 0.1) is 5.52 Å². The van der Waals surface area contributed by atoms with E-state index in [1.54, 1.807) is 0 Å². The number of nitrogens with two attached hydrogens (primary N) is 1. The molecule has 0 spiro atoms. The fraction of sp³-hybridized carbons (Fsp3) is 0.375. The summed E-state index contributed by atoms with van der Waals surface area (Å²) in [6.07, 6.45) is 1.27. The van der Waals surface area contributed by atoms with Gasteiger partial charge in [0, 0.05) is 17.5 Å². The molecule has 3 N–H and O–H groups in total. The van der Waals surface area contributed by atoms with Crippen molar-refractivity contribution in [1.29, 1.82) is 0 Å². The predicted molar refractivity (Wildman–Crippen MR) is 88.0 cm³/mol. The highest BCUT2D eigenvalue weighted by atomic mass is 32.1. The Kier molecular flexibility index (Phi) is 3.13. The van der Waals surface area contributed by atoms with Crippen LogP contribution in [0, 0.1) is 11.3 Å². The number of thiocarbonyl (C=S) groups is 1. The molecular formula is C16H19N3S. The molecule has 1 heterocycles. The topological polar surface area (TPSA) is 50.9 Å². The van der Waals surface area contributed by atoms with Gasteiger partial charge in [-0.1, -0.05) is 44.3 Å². The zero-order chi connectivity index (χ0) is 14.3. The zero-order valence-electron chi connectivity index (χ0n) is 11.8. The lowest BCUT2D eigenvalue weighted by Gasteiger charge is -2.11. The number of hydrogen-bond acceptors (Lipinski definition) is 3. The summed E-state index contributed by atoms with van der Waals surface area (Å²) < 4.78 is 0. The van der Waals surface area contributed by atoms with Crippen LogP contribution in [0.2, 0.25) is 0 Å². The lowest BCUT2D eigenvalue weighted by atomic mass is 10.1. The zero-order valence-corrected chi connectivity index (χ0v) is 12.6. The van der Waals surface area contributed by atoms with Crippen molar-refractivity contribution in [2.24, 2.45) is 17.1 Å². The first-order valence-corrected chi connectivity index (χ1v) is 7.32. The van der Waals surface area contributed by atoms with Crippen LogP contribution in [0.25, 0.3) is 10.9 Å². The Bertz CT molecular complexity index is 678. The van der Waals surface area contributed by atoms with Gasteiger partial charge in [0.25, 0.3) is 0 Å². The first-order valence-electron chi connectivity index (χ1n) is 6.91. The average molecular weight is 285 g/mol. The molecule has 20 heavy (non-hydrogen) atoms. The van der Waals surface area contributed by atoms with Gasteiger partial charge in [-0.2, -0.15) is 0 Å². The number of rotatable bonds is 4. The average Bonchev–Trinajstić information content (AvgIpc) is 3.03. The molecule has 0 bridgehead atoms. The summed E-state index contributed by atoms with van der Waals surface area (Å²) in [6, 6.07) is 9.91. The molecule has 2 aromatic rings. The van der Waals surface area contributed by atoms with Gasteiger partial charge in [0.1, 0.15) is 10.8 Å². The van der Waals surface area contributed by atoms with Gasteiger partial charge in [0.15, 0.2) is 0 Å². The highest BCUT2D eigenvalue weighted by Gasteiger charge is 2.44. The van der Waals surface area contributed by atoms with Gasteiger partial charge in [-0.15, -0.1) is 0 Å². The predicted octanol–water partition coefficient (Wildman–Crippen LogP) is 3.33. The second-order valence-corrected chi connectivity index (χ2v) is 6.65. The quantitative estimate of drug-likeness (QED) is 0.846. The molecule has 1 aromatic carbocycles. The number of para-hydroxylation sites is 1. The van der Waals surface area contributed by atoms with E-state index in [2.05, 4.69) is 24.1 Å². The van der Waals surface area contributed by atoms with E-state index in [9.17, 15) is 0 Å². The summed E-state index contributed by atoms with van der Waals surface area (Å²) in [5.41, 5.74) is 8.12. The summed E-state index contributed by atoms with van der Waals surface area (Å²) in [4.78, 5) is 5.05. The van der Waals surface area contributed by atoms with Crippen LogP contribution in [0.3, 0.4) is 0 Å². The fourth-order valence-corrected chi connectivity index (χ4v) is 2.79. The molecule has 0 saturated heterocycles. The second kappa shape index (κ2) is 4.70. The van der Waals surface area contributed by atoms with Crippen molar-refractivity contribution in [3.63, 3.8) is 0 Å². The number of nitrogens with zero attached hydrogens (tertiary/aromatic N) is 1.